The van der Waals surface area contributed by atoms with E-state index in [9.17, 15) is 4.79 Å². The van der Waals surface area contributed by atoms with Crippen molar-refractivity contribution in [2.75, 3.05) is 25.1 Å². The van der Waals surface area contributed by atoms with Gasteiger partial charge in [-0.1, -0.05) is 52.2 Å². The minimum Gasteiger partial charge on any atom is -0.381 e. The number of hydrogen-bond acceptors (Lipinski definition) is 2. The summed E-state index contributed by atoms with van der Waals surface area (Å²) >= 11 is 0. The Bertz CT molecular complexity index is 445. The van der Waals surface area contributed by atoms with E-state index in [2.05, 4.69) is 31.4 Å². The first kappa shape index (κ1) is 20.5. The molecule has 0 aromatic heterocycles. The molecule has 0 heterocycles. The molecule has 0 radical (unpaired) electrons. The fraction of sp³-hybridized carbons (Fsp3) is 0.650. The predicted octanol–water partition coefficient (Wildman–Crippen LogP) is 4.99. The van der Waals surface area contributed by atoms with Crippen molar-refractivity contribution >= 4 is 11.7 Å². The van der Waals surface area contributed by atoms with E-state index in [-0.39, 0.29) is 6.03 Å². The molecule has 136 valence electrons. The lowest BCUT2D eigenvalue weighted by Gasteiger charge is -2.14. The fourth-order valence-electron chi connectivity index (χ4n) is 2.52. The first-order valence-corrected chi connectivity index (χ1v) is 9.41. The Hall–Kier alpha value is -1.55. The maximum atomic E-state index is 11.8. The molecule has 1 aromatic carbocycles. The van der Waals surface area contributed by atoms with Gasteiger partial charge in [0.2, 0.25) is 0 Å². The Balaban J connectivity index is 2.08. The zero-order chi connectivity index (χ0) is 17.6. The molecule has 0 bridgehead atoms. The van der Waals surface area contributed by atoms with Crippen LogP contribution in [0.15, 0.2) is 24.3 Å². The summed E-state index contributed by atoms with van der Waals surface area (Å²) in [6.07, 6.45) is 6.80. The number of ether oxygens (including phenoxy) is 1. The van der Waals surface area contributed by atoms with Crippen LogP contribution in [-0.2, 0) is 11.2 Å². The van der Waals surface area contributed by atoms with Gasteiger partial charge in [-0.25, -0.2) is 4.79 Å². The molecule has 1 unspecified atom stereocenters. The van der Waals surface area contributed by atoms with E-state index in [0.29, 0.717) is 19.1 Å². The molecular weight excluding hydrogens is 300 g/mol. The summed E-state index contributed by atoms with van der Waals surface area (Å²) in [5, 5.41) is 5.71. The molecule has 0 fully saturated rings. The van der Waals surface area contributed by atoms with Gasteiger partial charge in [0.15, 0.2) is 0 Å². The van der Waals surface area contributed by atoms with Crippen molar-refractivity contribution in [3.05, 3.63) is 29.8 Å². The number of rotatable bonds is 12. The van der Waals surface area contributed by atoms with Crippen LogP contribution in [0.4, 0.5) is 10.5 Å². The molecule has 0 saturated carbocycles. The van der Waals surface area contributed by atoms with Gasteiger partial charge in [0, 0.05) is 25.4 Å². The molecule has 0 aliphatic carbocycles. The number of hydrogen-bond donors (Lipinski definition) is 2. The summed E-state index contributed by atoms with van der Waals surface area (Å²) in [4.78, 5) is 11.8. The van der Waals surface area contributed by atoms with E-state index >= 15 is 0 Å². The zero-order valence-electron chi connectivity index (χ0n) is 15.6. The Labute approximate surface area is 147 Å². The van der Waals surface area contributed by atoms with Crippen LogP contribution in [0.25, 0.3) is 0 Å². The van der Waals surface area contributed by atoms with Crippen LogP contribution < -0.4 is 10.6 Å². The second-order valence-electron chi connectivity index (χ2n) is 6.28. The molecule has 1 atom stereocenters. The van der Waals surface area contributed by atoms with Crippen LogP contribution in [0.5, 0.6) is 0 Å². The van der Waals surface area contributed by atoms with Crippen molar-refractivity contribution in [1.29, 1.82) is 0 Å². The summed E-state index contributed by atoms with van der Waals surface area (Å²) < 4.78 is 5.74. The van der Waals surface area contributed by atoms with Gasteiger partial charge in [-0.05, 0) is 42.9 Å². The molecule has 2 amide bonds. The van der Waals surface area contributed by atoms with E-state index in [1.165, 1.54) is 31.2 Å². The molecule has 1 rings (SSSR count). The molecule has 24 heavy (non-hydrogen) atoms. The van der Waals surface area contributed by atoms with Crippen molar-refractivity contribution in [1.82, 2.24) is 5.32 Å². The topological polar surface area (TPSA) is 50.4 Å². The highest BCUT2D eigenvalue weighted by Gasteiger charge is 2.06. The molecule has 4 nitrogen and oxygen atoms in total. The number of amides is 2. The minimum absolute atomic E-state index is 0.159. The van der Waals surface area contributed by atoms with Gasteiger partial charge in [-0.2, -0.15) is 0 Å². The van der Waals surface area contributed by atoms with Gasteiger partial charge in [-0.3, -0.25) is 0 Å². The minimum atomic E-state index is -0.159. The van der Waals surface area contributed by atoms with Gasteiger partial charge >= 0.3 is 6.03 Å². The van der Waals surface area contributed by atoms with Crippen LogP contribution in [0.1, 0.15) is 58.4 Å². The molecule has 1 aromatic rings. The van der Waals surface area contributed by atoms with Crippen molar-refractivity contribution in [2.24, 2.45) is 5.92 Å². The number of nitrogens with one attached hydrogen (secondary N) is 2. The number of carbonyl (C=O) groups excluding carboxylic acids is 1. The first-order chi connectivity index (χ1) is 11.7. The molecule has 4 heteroatoms. The van der Waals surface area contributed by atoms with Crippen molar-refractivity contribution in [3.63, 3.8) is 0 Å². The molecule has 0 aliphatic rings. The van der Waals surface area contributed by atoms with Crippen LogP contribution >= 0.6 is 0 Å². The first-order valence-electron chi connectivity index (χ1n) is 9.41. The smallest absolute Gasteiger partial charge is 0.319 e. The highest BCUT2D eigenvalue weighted by atomic mass is 16.5. The van der Waals surface area contributed by atoms with Crippen molar-refractivity contribution in [2.45, 2.75) is 59.3 Å². The summed E-state index contributed by atoms with van der Waals surface area (Å²) in [5.41, 5.74) is 2.09. The average Bonchev–Trinajstić information content (AvgIpc) is 2.61. The van der Waals surface area contributed by atoms with Gasteiger partial charge < -0.3 is 15.4 Å². The van der Waals surface area contributed by atoms with Crippen LogP contribution in [0.3, 0.4) is 0 Å². The molecule has 2 N–H and O–H groups in total. The third-order valence-corrected chi connectivity index (χ3v) is 4.27. The number of carbonyl (C=O) groups is 1. The number of urea groups is 1. The Morgan fingerprint density at radius 1 is 1.12 bits per heavy atom. The van der Waals surface area contributed by atoms with E-state index in [4.69, 9.17) is 4.74 Å². The maximum Gasteiger partial charge on any atom is 0.319 e. The quantitative estimate of drug-likeness (QED) is 0.529. The van der Waals surface area contributed by atoms with Crippen LogP contribution in [0.2, 0.25) is 0 Å². The molecule has 0 aliphatic heterocycles. The second-order valence-corrected chi connectivity index (χ2v) is 6.28. The highest BCUT2D eigenvalue weighted by molar-refractivity contribution is 5.89. The van der Waals surface area contributed by atoms with E-state index < -0.39 is 0 Å². The lowest BCUT2D eigenvalue weighted by atomic mass is 10.0. The normalized spacial score (nSPS) is 12.0. The van der Waals surface area contributed by atoms with Crippen LogP contribution in [0, 0.1) is 5.92 Å². The maximum absolute atomic E-state index is 11.8. The van der Waals surface area contributed by atoms with E-state index in [0.717, 1.165) is 25.1 Å². The van der Waals surface area contributed by atoms with Gasteiger partial charge in [0.1, 0.15) is 0 Å². The van der Waals surface area contributed by atoms with Crippen molar-refractivity contribution < 1.29 is 9.53 Å². The van der Waals surface area contributed by atoms with E-state index in [1.807, 2.05) is 24.3 Å². The number of anilines is 1. The Morgan fingerprint density at radius 2 is 1.88 bits per heavy atom. The molecular formula is C20H34N2O2. The van der Waals surface area contributed by atoms with Crippen molar-refractivity contribution in [3.8, 4) is 0 Å². The summed E-state index contributed by atoms with van der Waals surface area (Å²) in [6.45, 7) is 8.74. The monoisotopic (exact) mass is 334 g/mol. The lowest BCUT2D eigenvalue weighted by Crippen LogP contribution is -2.30. The molecule has 0 saturated heterocycles. The number of benzene rings is 1. The van der Waals surface area contributed by atoms with Gasteiger partial charge in [0.25, 0.3) is 0 Å². The predicted molar refractivity (Wildman–Crippen MR) is 102 cm³/mol. The Morgan fingerprint density at radius 3 is 2.50 bits per heavy atom. The highest BCUT2D eigenvalue weighted by Crippen LogP contribution is 2.13. The zero-order valence-corrected chi connectivity index (χ0v) is 15.6. The molecule has 0 spiro atoms. The summed E-state index contributed by atoms with van der Waals surface area (Å²) in [7, 11) is 0. The van der Waals surface area contributed by atoms with Gasteiger partial charge in [0.05, 0.1) is 0 Å². The largest absolute Gasteiger partial charge is 0.381 e. The second kappa shape index (κ2) is 12.8. The SMILES string of the molecule is CCCCC(CC)COCCCNC(=O)Nc1ccc(CC)cc1. The summed E-state index contributed by atoms with van der Waals surface area (Å²) in [5.74, 6) is 0.673. The lowest BCUT2D eigenvalue weighted by molar-refractivity contribution is 0.0925. The fourth-order valence-corrected chi connectivity index (χ4v) is 2.52. The van der Waals surface area contributed by atoms with Gasteiger partial charge in [-0.15, -0.1) is 0 Å². The summed E-state index contributed by atoms with van der Waals surface area (Å²) in [6, 6.07) is 7.78. The third kappa shape index (κ3) is 8.92. The third-order valence-electron chi connectivity index (χ3n) is 4.27. The number of aryl methyl sites for hydroxylation is 1. The number of unbranched alkanes of at least 4 members (excludes halogenated alkanes) is 1. The van der Waals surface area contributed by atoms with Crippen LogP contribution in [-0.4, -0.2) is 25.8 Å². The average molecular weight is 335 g/mol. The Kier molecular flexibility index (Phi) is 10.9. The van der Waals surface area contributed by atoms with E-state index in [1.54, 1.807) is 0 Å². The standard InChI is InChI=1S/C20H34N2O2/c1-4-7-9-18(6-3)16-24-15-8-14-21-20(23)22-19-12-10-17(5-2)11-13-19/h10-13,18H,4-9,14-16H2,1-3H3,(H2,21,22,23).